The molecule has 5 nitrogen and oxygen atoms in total. The average molecular weight is 241 g/mol. The number of amides is 1. The number of ether oxygens (including phenoxy) is 1. The maximum Gasteiger partial charge on any atom is 0.240 e. The number of morpholine rings is 1. The van der Waals surface area contributed by atoms with E-state index in [0.29, 0.717) is 0 Å². The first-order chi connectivity index (χ1) is 8.21. The van der Waals surface area contributed by atoms with Crippen molar-refractivity contribution in [3.05, 3.63) is 0 Å². The minimum Gasteiger partial charge on any atom is -0.379 e. The molecule has 17 heavy (non-hydrogen) atoms. The predicted molar refractivity (Wildman–Crippen MR) is 65.9 cm³/mol. The van der Waals surface area contributed by atoms with Gasteiger partial charge in [-0.25, -0.2) is 0 Å². The lowest BCUT2D eigenvalue weighted by Gasteiger charge is -2.28. The highest BCUT2D eigenvalue weighted by Gasteiger charge is 2.35. The summed E-state index contributed by atoms with van der Waals surface area (Å²) < 4.78 is 5.29. The van der Waals surface area contributed by atoms with E-state index in [1.807, 2.05) is 6.92 Å². The Kier molecular flexibility index (Phi) is 4.36. The molecule has 2 rings (SSSR count). The van der Waals surface area contributed by atoms with E-state index in [4.69, 9.17) is 4.74 Å². The van der Waals surface area contributed by atoms with E-state index >= 15 is 0 Å². The van der Waals surface area contributed by atoms with Crippen LogP contribution in [0.25, 0.3) is 0 Å². The SMILES string of the molecule is CC1(C(=O)NCCN2CCOCC2)CCCN1. The highest BCUT2D eigenvalue weighted by Crippen LogP contribution is 2.18. The van der Waals surface area contributed by atoms with Crippen LogP contribution in [0, 0.1) is 0 Å². The van der Waals surface area contributed by atoms with Gasteiger partial charge >= 0.3 is 0 Å². The van der Waals surface area contributed by atoms with Crippen LogP contribution in [0.1, 0.15) is 19.8 Å². The Bertz CT molecular complexity index is 258. The number of nitrogens with one attached hydrogen (secondary N) is 2. The Morgan fingerprint density at radius 3 is 2.88 bits per heavy atom. The quantitative estimate of drug-likeness (QED) is 0.702. The molecule has 0 bridgehead atoms. The standard InChI is InChI=1S/C12H23N3O2/c1-12(3-2-4-14-12)11(16)13-5-6-15-7-9-17-10-8-15/h14H,2-10H2,1H3,(H,13,16). The Morgan fingerprint density at radius 2 is 2.24 bits per heavy atom. The molecule has 2 aliphatic rings. The topological polar surface area (TPSA) is 53.6 Å². The van der Waals surface area contributed by atoms with Gasteiger partial charge in [0.2, 0.25) is 5.91 Å². The van der Waals surface area contributed by atoms with Crippen LogP contribution in [-0.2, 0) is 9.53 Å². The van der Waals surface area contributed by atoms with Crippen molar-refractivity contribution < 1.29 is 9.53 Å². The molecule has 2 saturated heterocycles. The van der Waals surface area contributed by atoms with Crippen LogP contribution >= 0.6 is 0 Å². The van der Waals surface area contributed by atoms with Crippen molar-refractivity contribution in [2.24, 2.45) is 0 Å². The van der Waals surface area contributed by atoms with E-state index in [1.165, 1.54) is 0 Å². The Balaban J connectivity index is 1.65. The third-order valence-electron chi connectivity index (χ3n) is 3.69. The Hall–Kier alpha value is -0.650. The molecule has 0 aromatic rings. The molecule has 0 saturated carbocycles. The van der Waals surface area contributed by atoms with Gasteiger partial charge in [-0.3, -0.25) is 9.69 Å². The molecule has 2 N–H and O–H groups in total. The summed E-state index contributed by atoms with van der Waals surface area (Å²) in [7, 11) is 0. The van der Waals surface area contributed by atoms with E-state index in [9.17, 15) is 4.79 Å². The lowest BCUT2D eigenvalue weighted by Crippen LogP contribution is -2.52. The second-order valence-corrected chi connectivity index (χ2v) is 5.07. The Morgan fingerprint density at radius 1 is 1.47 bits per heavy atom. The summed E-state index contributed by atoms with van der Waals surface area (Å²) in [6.45, 7) is 8.18. The van der Waals surface area contributed by atoms with E-state index in [1.54, 1.807) is 0 Å². The van der Waals surface area contributed by atoms with Gasteiger partial charge in [-0.2, -0.15) is 0 Å². The molecule has 5 heteroatoms. The fourth-order valence-corrected chi connectivity index (χ4v) is 2.44. The van der Waals surface area contributed by atoms with Crippen molar-refractivity contribution in [2.45, 2.75) is 25.3 Å². The second-order valence-electron chi connectivity index (χ2n) is 5.07. The monoisotopic (exact) mass is 241 g/mol. The molecule has 0 radical (unpaired) electrons. The molecule has 0 aromatic carbocycles. The number of carbonyl (C=O) groups excluding carboxylic acids is 1. The number of hydrogen-bond donors (Lipinski definition) is 2. The fourth-order valence-electron chi connectivity index (χ4n) is 2.44. The predicted octanol–water partition coefficient (Wildman–Crippen LogP) is -0.423. The number of carbonyl (C=O) groups is 1. The zero-order valence-electron chi connectivity index (χ0n) is 10.6. The van der Waals surface area contributed by atoms with Gasteiger partial charge in [0.05, 0.1) is 18.8 Å². The van der Waals surface area contributed by atoms with Crippen molar-refractivity contribution in [1.82, 2.24) is 15.5 Å². The van der Waals surface area contributed by atoms with Gasteiger partial charge in [-0.1, -0.05) is 0 Å². The molecule has 2 heterocycles. The fraction of sp³-hybridized carbons (Fsp3) is 0.917. The van der Waals surface area contributed by atoms with Crippen LogP contribution < -0.4 is 10.6 Å². The first-order valence-corrected chi connectivity index (χ1v) is 6.54. The summed E-state index contributed by atoms with van der Waals surface area (Å²) in [6.07, 6.45) is 2.03. The third kappa shape index (κ3) is 3.40. The summed E-state index contributed by atoms with van der Waals surface area (Å²) >= 11 is 0. The van der Waals surface area contributed by atoms with Gasteiger partial charge in [0, 0.05) is 26.2 Å². The van der Waals surface area contributed by atoms with Crippen molar-refractivity contribution in [1.29, 1.82) is 0 Å². The molecule has 98 valence electrons. The van der Waals surface area contributed by atoms with Gasteiger partial charge in [-0.05, 0) is 26.3 Å². The highest BCUT2D eigenvalue weighted by molar-refractivity contribution is 5.86. The molecule has 1 atom stereocenters. The van der Waals surface area contributed by atoms with E-state index < -0.39 is 0 Å². The average Bonchev–Trinajstić information content (AvgIpc) is 2.79. The molecule has 0 spiro atoms. The van der Waals surface area contributed by atoms with E-state index in [-0.39, 0.29) is 11.4 Å². The molecular weight excluding hydrogens is 218 g/mol. The van der Waals surface area contributed by atoms with Gasteiger partial charge in [0.25, 0.3) is 0 Å². The lowest BCUT2D eigenvalue weighted by molar-refractivity contribution is -0.126. The lowest BCUT2D eigenvalue weighted by atomic mass is 9.99. The minimum atomic E-state index is -0.342. The molecule has 0 aliphatic carbocycles. The molecule has 2 fully saturated rings. The third-order valence-corrected chi connectivity index (χ3v) is 3.69. The van der Waals surface area contributed by atoms with Gasteiger partial charge in [0.1, 0.15) is 0 Å². The molecule has 2 aliphatic heterocycles. The normalized spacial score (nSPS) is 30.4. The first-order valence-electron chi connectivity index (χ1n) is 6.54. The number of nitrogens with zero attached hydrogens (tertiary/aromatic N) is 1. The van der Waals surface area contributed by atoms with Crippen LogP contribution in [0.2, 0.25) is 0 Å². The maximum absolute atomic E-state index is 12.0. The van der Waals surface area contributed by atoms with Crippen LogP contribution in [0.3, 0.4) is 0 Å². The number of hydrogen-bond acceptors (Lipinski definition) is 4. The van der Waals surface area contributed by atoms with Crippen LogP contribution in [0.5, 0.6) is 0 Å². The van der Waals surface area contributed by atoms with Crippen LogP contribution in [0.4, 0.5) is 0 Å². The molecule has 1 unspecified atom stereocenters. The largest absolute Gasteiger partial charge is 0.379 e. The molecule has 0 aromatic heterocycles. The first kappa shape index (κ1) is 12.8. The summed E-state index contributed by atoms with van der Waals surface area (Å²) in [5.74, 6) is 0.142. The molecular formula is C12H23N3O2. The summed E-state index contributed by atoms with van der Waals surface area (Å²) in [6, 6.07) is 0. The summed E-state index contributed by atoms with van der Waals surface area (Å²) in [4.78, 5) is 14.3. The Labute approximate surface area is 103 Å². The zero-order chi connectivity index (χ0) is 12.1. The maximum atomic E-state index is 12.0. The van der Waals surface area contributed by atoms with Gasteiger partial charge in [0.15, 0.2) is 0 Å². The van der Waals surface area contributed by atoms with Crippen molar-refractivity contribution in [3.8, 4) is 0 Å². The van der Waals surface area contributed by atoms with Crippen molar-refractivity contribution >= 4 is 5.91 Å². The highest BCUT2D eigenvalue weighted by atomic mass is 16.5. The van der Waals surface area contributed by atoms with Gasteiger partial charge < -0.3 is 15.4 Å². The summed E-state index contributed by atoms with van der Waals surface area (Å²) in [5.41, 5.74) is -0.342. The molecule has 1 amide bonds. The number of rotatable bonds is 4. The summed E-state index contributed by atoms with van der Waals surface area (Å²) in [5, 5.41) is 6.30. The van der Waals surface area contributed by atoms with Crippen LogP contribution in [0.15, 0.2) is 0 Å². The van der Waals surface area contributed by atoms with E-state index in [2.05, 4.69) is 15.5 Å². The minimum absolute atomic E-state index is 0.142. The smallest absolute Gasteiger partial charge is 0.240 e. The van der Waals surface area contributed by atoms with Crippen LogP contribution in [-0.4, -0.2) is 62.3 Å². The van der Waals surface area contributed by atoms with Crippen molar-refractivity contribution in [2.75, 3.05) is 45.9 Å². The second kappa shape index (κ2) is 5.80. The zero-order valence-corrected chi connectivity index (χ0v) is 10.6. The van der Waals surface area contributed by atoms with Crippen molar-refractivity contribution in [3.63, 3.8) is 0 Å². The van der Waals surface area contributed by atoms with Gasteiger partial charge in [-0.15, -0.1) is 0 Å². The van der Waals surface area contributed by atoms with E-state index in [0.717, 1.165) is 58.8 Å².